The van der Waals surface area contributed by atoms with E-state index in [0.717, 1.165) is 62.6 Å². The van der Waals surface area contributed by atoms with Gasteiger partial charge in [-0.2, -0.15) is 0 Å². The summed E-state index contributed by atoms with van der Waals surface area (Å²) in [6.07, 6.45) is 4.56. The summed E-state index contributed by atoms with van der Waals surface area (Å²) in [5.74, 6) is 0. The topological polar surface area (TPSA) is 265 Å². The second kappa shape index (κ2) is 23.9. The molecule has 0 radical (unpaired) electrons. The number of aliphatic imine (C=N–C) groups is 2. The molecule has 1 saturated heterocycles. The molecule has 4 bridgehead atoms. The molecule has 0 spiro atoms. The average Bonchev–Trinajstić information content (AvgIpc) is 3.56. The Balaban J connectivity index is 0.000000658. The number of halogens is 2. The van der Waals surface area contributed by atoms with Crippen molar-refractivity contribution in [3.63, 3.8) is 0 Å². The van der Waals surface area contributed by atoms with E-state index in [1.165, 1.54) is 11.1 Å². The number of aromatic nitrogens is 2. The number of rotatable bonds is 6. The monoisotopic (exact) mass is 923 g/mol. The summed E-state index contributed by atoms with van der Waals surface area (Å²) in [6.45, 7) is 6.38. The first-order chi connectivity index (χ1) is 25.7. The molecular formula is C36H41BaCl2N7O9. The molecule has 19 heteroatoms. The molecule has 1 fully saturated rings. The van der Waals surface area contributed by atoms with E-state index in [1.807, 2.05) is 48.8 Å². The predicted octanol–water partition coefficient (Wildman–Crippen LogP) is -5.47. The number of hydrogen-bond donors (Lipinski definition) is 1. The molecule has 2 aliphatic rings. The van der Waals surface area contributed by atoms with Crippen molar-refractivity contribution in [1.82, 2.24) is 24.7 Å². The minimum atomic E-state index is -4.94. The Kier molecular flexibility index (Phi) is 20.4. The minimum Gasteiger partial charge on any atom is -0.372 e. The Labute approximate surface area is 364 Å². The van der Waals surface area contributed by atoms with E-state index in [2.05, 4.69) is 75.4 Å². The molecule has 290 valence electrons. The molecule has 16 nitrogen and oxygen atoms in total. The second-order valence-corrected chi connectivity index (χ2v) is 13.6. The Morgan fingerprint density at radius 2 is 1.02 bits per heavy atom. The van der Waals surface area contributed by atoms with Gasteiger partial charge in [-0.1, -0.05) is 72.8 Å². The molecule has 4 heterocycles. The standard InChI is InChI=1S/C36H41N7O.Ba.2ClHO4/c44-36-34-16-8-14-32(40-34)28-38-20-24-41(21-17-29-9-3-1-4-10-29)23-19-37-27-31-13-7-15-33(39-31)35-42(25-26-43(35)36)22-18-30-11-5-2-6-12-30;;2*2-1(3,4)5/h1-16,27-28,35-36,44H,17-26H2;;2*(H,2,3,4,5)/q;+2;;/p-2. The van der Waals surface area contributed by atoms with Gasteiger partial charge >= 0.3 is 48.9 Å². The van der Waals surface area contributed by atoms with Gasteiger partial charge in [-0.3, -0.25) is 24.7 Å². The van der Waals surface area contributed by atoms with Crippen LogP contribution in [0.1, 0.15) is 46.3 Å². The van der Waals surface area contributed by atoms with Gasteiger partial charge in [0.05, 0.1) is 35.9 Å². The molecule has 0 aliphatic carbocycles. The second-order valence-electron chi connectivity index (χ2n) is 12.1. The molecule has 2 aliphatic heterocycles. The summed E-state index contributed by atoms with van der Waals surface area (Å²) in [5, 5.41) is 11.7. The third-order valence-corrected chi connectivity index (χ3v) is 8.36. The van der Waals surface area contributed by atoms with Crippen LogP contribution in [0.4, 0.5) is 0 Å². The summed E-state index contributed by atoms with van der Waals surface area (Å²) in [6, 6.07) is 33.0. The van der Waals surface area contributed by atoms with Crippen molar-refractivity contribution in [2.75, 3.05) is 52.4 Å². The average molecular weight is 924 g/mol. The Bertz CT molecular complexity index is 1730. The molecule has 2 atom stereocenters. The zero-order chi connectivity index (χ0) is 39.0. The van der Waals surface area contributed by atoms with Crippen LogP contribution in [0.5, 0.6) is 0 Å². The zero-order valence-corrected chi connectivity index (χ0v) is 35.9. The molecular weight excluding hydrogens is 883 g/mol. The zero-order valence-electron chi connectivity index (χ0n) is 29.9. The van der Waals surface area contributed by atoms with E-state index in [9.17, 15) is 5.11 Å². The number of aliphatic hydroxyl groups excluding tert-OH is 1. The first kappa shape index (κ1) is 47.1. The number of fused-ring (bicyclic) bond motifs is 6. The van der Waals surface area contributed by atoms with Gasteiger partial charge in [0.25, 0.3) is 0 Å². The normalized spacial score (nSPS) is 18.3. The molecule has 0 saturated carbocycles. The third kappa shape index (κ3) is 18.7. The minimum absolute atomic E-state index is 0. The maximum Gasteiger partial charge on any atom is 2.00 e. The summed E-state index contributed by atoms with van der Waals surface area (Å²) < 4.78 is 67.9. The summed E-state index contributed by atoms with van der Waals surface area (Å²) in [5.41, 5.74) is 5.73. The number of nitrogens with zero attached hydrogens (tertiary/aromatic N) is 7. The number of benzene rings is 2. The predicted molar refractivity (Wildman–Crippen MR) is 182 cm³/mol. The largest absolute Gasteiger partial charge is 2.00 e. The summed E-state index contributed by atoms with van der Waals surface area (Å²) >= 11 is 0. The molecule has 6 rings (SSSR count). The molecule has 2 unspecified atom stereocenters. The fourth-order valence-electron chi connectivity index (χ4n) is 5.98. The Hall–Kier alpha value is -2.25. The van der Waals surface area contributed by atoms with E-state index < -0.39 is 26.7 Å². The Morgan fingerprint density at radius 3 is 1.53 bits per heavy atom. The first-order valence-corrected chi connectivity index (χ1v) is 19.3. The molecule has 2 aromatic heterocycles. The molecule has 1 N–H and O–H groups in total. The van der Waals surface area contributed by atoms with Crippen LogP contribution >= 0.6 is 0 Å². The van der Waals surface area contributed by atoms with Gasteiger partial charge in [0.2, 0.25) is 0 Å². The van der Waals surface area contributed by atoms with Crippen LogP contribution in [-0.4, -0.2) is 143 Å². The van der Waals surface area contributed by atoms with Gasteiger partial charge in [0.15, 0.2) is 6.23 Å². The van der Waals surface area contributed by atoms with Crippen LogP contribution in [-0.2, 0) is 12.8 Å². The fourth-order valence-corrected chi connectivity index (χ4v) is 5.98. The van der Waals surface area contributed by atoms with Crippen molar-refractivity contribution in [2.24, 2.45) is 9.98 Å². The van der Waals surface area contributed by atoms with Crippen LogP contribution in [0.2, 0.25) is 0 Å². The van der Waals surface area contributed by atoms with Gasteiger partial charge in [-0.25, -0.2) is 47.2 Å². The first-order valence-electron chi connectivity index (χ1n) is 16.9. The fraction of sp³-hybridized carbons (Fsp3) is 0.333. The smallest absolute Gasteiger partial charge is 0.372 e. The number of pyridine rings is 2. The molecule has 2 aromatic carbocycles. The van der Waals surface area contributed by atoms with Gasteiger partial charge < -0.3 is 5.11 Å². The van der Waals surface area contributed by atoms with Crippen molar-refractivity contribution in [1.29, 1.82) is 0 Å². The third-order valence-electron chi connectivity index (χ3n) is 8.36. The van der Waals surface area contributed by atoms with Crippen molar-refractivity contribution >= 4 is 61.3 Å². The van der Waals surface area contributed by atoms with Gasteiger partial charge in [-0.05, 0) is 48.2 Å². The SMILES string of the molecule is OC1c2cccc(n2)C=NCCN(CCc2ccccc2)CCN=Cc2cccc(n2)C2N(CCc3ccccc3)CCN12.[Ba+2].[O-][Cl+3]([O-])([O-])[O-].[O-][Cl+3]([O-])([O-])[O-]. The summed E-state index contributed by atoms with van der Waals surface area (Å²) in [7, 11) is -9.89. The summed E-state index contributed by atoms with van der Waals surface area (Å²) in [4.78, 5) is 26.3. The maximum atomic E-state index is 11.7. The van der Waals surface area contributed by atoms with E-state index in [0.29, 0.717) is 25.3 Å². The van der Waals surface area contributed by atoms with E-state index in [1.54, 1.807) is 0 Å². The molecule has 55 heavy (non-hydrogen) atoms. The van der Waals surface area contributed by atoms with Crippen LogP contribution in [0, 0.1) is 20.5 Å². The van der Waals surface area contributed by atoms with Crippen LogP contribution in [0.15, 0.2) is 107 Å². The van der Waals surface area contributed by atoms with Gasteiger partial charge in [0.1, 0.15) is 6.17 Å². The van der Waals surface area contributed by atoms with Crippen LogP contribution in [0.3, 0.4) is 0 Å². The van der Waals surface area contributed by atoms with E-state index in [4.69, 9.17) is 57.2 Å². The van der Waals surface area contributed by atoms with Crippen molar-refractivity contribution < 1.29 is 62.9 Å². The quantitative estimate of drug-likeness (QED) is 0.177. The maximum absolute atomic E-state index is 11.7. The molecule has 4 aromatic rings. The van der Waals surface area contributed by atoms with Gasteiger partial charge in [0, 0.05) is 51.7 Å². The van der Waals surface area contributed by atoms with Gasteiger partial charge in [-0.15, -0.1) is 20.5 Å². The van der Waals surface area contributed by atoms with Crippen molar-refractivity contribution in [3.8, 4) is 0 Å². The molecule has 0 amide bonds. The Morgan fingerprint density at radius 1 is 0.564 bits per heavy atom. The van der Waals surface area contributed by atoms with Crippen molar-refractivity contribution in [2.45, 2.75) is 25.2 Å². The van der Waals surface area contributed by atoms with Crippen LogP contribution in [0.25, 0.3) is 0 Å². The number of hydrogen-bond acceptors (Lipinski definition) is 16. The van der Waals surface area contributed by atoms with E-state index in [-0.39, 0.29) is 55.0 Å². The number of aliphatic hydroxyl groups is 1. The van der Waals surface area contributed by atoms with Crippen molar-refractivity contribution in [3.05, 3.63) is 131 Å². The van der Waals surface area contributed by atoms with Crippen LogP contribution < -0.4 is 37.3 Å². The van der Waals surface area contributed by atoms with E-state index >= 15 is 0 Å².